The van der Waals surface area contributed by atoms with Crippen molar-refractivity contribution in [2.45, 2.75) is 11.6 Å². The second-order valence-electron chi connectivity index (χ2n) is 4.06. The molecule has 0 unspecified atom stereocenters. The van der Waals surface area contributed by atoms with Crippen molar-refractivity contribution in [2.24, 2.45) is 5.73 Å². The van der Waals surface area contributed by atoms with Gasteiger partial charge in [-0.25, -0.2) is 4.98 Å². The molecule has 9 heteroatoms. The molecular weight excluding hydrogens is 401 g/mol. The summed E-state index contributed by atoms with van der Waals surface area (Å²) in [6.07, 6.45) is 1.40. The topological polar surface area (TPSA) is 85.1 Å². The maximum absolute atomic E-state index is 12.3. The van der Waals surface area contributed by atoms with E-state index in [-0.39, 0.29) is 27.3 Å². The van der Waals surface area contributed by atoms with Crippen molar-refractivity contribution in [1.29, 1.82) is 0 Å². The summed E-state index contributed by atoms with van der Waals surface area (Å²) in [4.78, 5) is 3.87. The lowest BCUT2D eigenvalue weighted by Gasteiger charge is -2.11. The van der Waals surface area contributed by atoms with Crippen molar-refractivity contribution in [3.63, 3.8) is 0 Å². The number of nitrogens with zero attached hydrogens (tertiary/aromatic N) is 1. The van der Waals surface area contributed by atoms with E-state index in [9.17, 15) is 8.42 Å². The Kier molecular flexibility index (Phi) is 5.11. The molecule has 1 aromatic heterocycles. The molecule has 2 rings (SSSR count). The Morgan fingerprint density at radius 1 is 1.24 bits per heavy atom. The van der Waals surface area contributed by atoms with Crippen LogP contribution in [0.3, 0.4) is 0 Å². The lowest BCUT2D eigenvalue weighted by Crippen LogP contribution is -2.15. The van der Waals surface area contributed by atoms with Gasteiger partial charge in [0.05, 0.1) is 15.7 Å². The minimum Gasteiger partial charge on any atom is -0.326 e. The van der Waals surface area contributed by atoms with Crippen molar-refractivity contribution in [3.05, 3.63) is 50.5 Å². The van der Waals surface area contributed by atoms with E-state index < -0.39 is 10.0 Å². The minimum atomic E-state index is -3.88. The molecule has 0 radical (unpaired) electrons. The Hall–Kier alpha value is -0.860. The van der Waals surface area contributed by atoms with Crippen LogP contribution in [-0.4, -0.2) is 13.4 Å². The van der Waals surface area contributed by atoms with E-state index in [1.165, 1.54) is 24.4 Å². The Bertz CT molecular complexity index is 744. The number of hydrogen-bond donors (Lipinski definition) is 2. The first-order chi connectivity index (χ1) is 9.83. The predicted molar refractivity (Wildman–Crippen MR) is 87.1 cm³/mol. The summed E-state index contributed by atoms with van der Waals surface area (Å²) in [6.45, 7) is 0.283. The van der Waals surface area contributed by atoms with Crippen molar-refractivity contribution in [1.82, 2.24) is 4.98 Å². The van der Waals surface area contributed by atoms with E-state index >= 15 is 0 Å². The molecule has 112 valence electrons. The third-order valence-electron chi connectivity index (χ3n) is 2.55. The molecule has 0 atom stereocenters. The van der Waals surface area contributed by atoms with Crippen LogP contribution in [0.4, 0.5) is 5.69 Å². The standard InChI is InChI=1S/C12H10BrCl2N3O2S/c13-8-3-9(14)12(10(15)4-8)18-21(19,20)11-2-1-7(5-16)6-17-11/h1-4,6,18H,5,16H2. The molecule has 0 saturated heterocycles. The van der Waals surface area contributed by atoms with Crippen LogP contribution in [0.15, 0.2) is 40.0 Å². The third kappa shape index (κ3) is 3.87. The van der Waals surface area contributed by atoms with Gasteiger partial charge in [0.15, 0.2) is 5.03 Å². The van der Waals surface area contributed by atoms with Crippen LogP contribution in [0, 0.1) is 0 Å². The zero-order chi connectivity index (χ0) is 15.6. The summed E-state index contributed by atoms with van der Waals surface area (Å²) < 4.78 is 27.5. The molecule has 0 saturated carbocycles. The highest BCUT2D eigenvalue weighted by Crippen LogP contribution is 2.35. The van der Waals surface area contributed by atoms with Crippen LogP contribution < -0.4 is 10.5 Å². The SMILES string of the molecule is NCc1ccc(S(=O)(=O)Nc2c(Cl)cc(Br)cc2Cl)nc1. The molecule has 0 aliphatic heterocycles. The fourth-order valence-electron chi connectivity index (χ4n) is 1.52. The lowest BCUT2D eigenvalue weighted by atomic mass is 10.3. The molecule has 5 nitrogen and oxygen atoms in total. The van der Waals surface area contributed by atoms with E-state index in [0.29, 0.717) is 4.47 Å². The molecular formula is C12H10BrCl2N3O2S. The molecule has 0 aliphatic carbocycles. The molecule has 3 N–H and O–H groups in total. The van der Waals surface area contributed by atoms with Crippen LogP contribution in [0.25, 0.3) is 0 Å². The summed E-state index contributed by atoms with van der Waals surface area (Å²) in [5.41, 5.74) is 6.28. The zero-order valence-electron chi connectivity index (χ0n) is 10.5. The van der Waals surface area contributed by atoms with Gasteiger partial charge in [-0.15, -0.1) is 0 Å². The maximum atomic E-state index is 12.3. The number of pyridine rings is 1. The van der Waals surface area contributed by atoms with Crippen molar-refractivity contribution in [2.75, 3.05) is 4.72 Å². The van der Waals surface area contributed by atoms with Gasteiger partial charge in [-0.3, -0.25) is 4.72 Å². The highest BCUT2D eigenvalue weighted by molar-refractivity contribution is 9.10. The van der Waals surface area contributed by atoms with Crippen LogP contribution >= 0.6 is 39.1 Å². The third-order valence-corrected chi connectivity index (χ3v) is 4.87. The van der Waals surface area contributed by atoms with Gasteiger partial charge in [-0.1, -0.05) is 45.2 Å². The lowest BCUT2D eigenvalue weighted by molar-refractivity contribution is 0.597. The fraction of sp³-hybridized carbons (Fsp3) is 0.0833. The Morgan fingerprint density at radius 3 is 2.33 bits per heavy atom. The molecule has 2 aromatic rings. The van der Waals surface area contributed by atoms with Crippen LogP contribution in [0.5, 0.6) is 0 Å². The summed E-state index contributed by atoms with van der Waals surface area (Å²) in [5, 5.41) is 0.211. The fourth-order valence-corrected chi connectivity index (χ4v) is 3.96. The van der Waals surface area contributed by atoms with E-state index in [1.807, 2.05) is 0 Å². The minimum absolute atomic E-state index is 0.103. The Morgan fingerprint density at radius 2 is 1.86 bits per heavy atom. The Balaban J connectivity index is 2.37. The van der Waals surface area contributed by atoms with Crippen molar-refractivity contribution < 1.29 is 8.42 Å². The van der Waals surface area contributed by atoms with E-state index in [1.54, 1.807) is 6.07 Å². The maximum Gasteiger partial charge on any atom is 0.279 e. The summed E-state index contributed by atoms with van der Waals surface area (Å²) in [5.74, 6) is 0. The van der Waals surface area contributed by atoms with Gasteiger partial charge in [0.1, 0.15) is 0 Å². The molecule has 0 fully saturated rings. The van der Waals surface area contributed by atoms with E-state index in [2.05, 4.69) is 25.6 Å². The molecule has 21 heavy (non-hydrogen) atoms. The smallest absolute Gasteiger partial charge is 0.279 e. The van der Waals surface area contributed by atoms with Crippen LogP contribution in [-0.2, 0) is 16.6 Å². The molecule has 1 aromatic carbocycles. The highest BCUT2D eigenvalue weighted by atomic mass is 79.9. The van der Waals surface area contributed by atoms with Crippen LogP contribution in [0.1, 0.15) is 5.56 Å². The number of nitrogens with one attached hydrogen (secondary N) is 1. The molecule has 0 amide bonds. The van der Waals surface area contributed by atoms with Gasteiger partial charge in [-0.05, 0) is 23.8 Å². The first-order valence-electron chi connectivity index (χ1n) is 5.66. The highest BCUT2D eigenvalue weighted by Gasteiger charge is 2.19. The first kappa shape index (κ1) is 16.5. The number of hydrogen-bond acceptors (Lipinski definition) is 4. The van der Waals surface area contributed by atoms with Gasteiger partial charge < -0.3 is 5.73 Å². The summed E-state index contributed by atoms with van der Waals surface area (Å²) in [6, 6.07) is 6.03. The van der Waals surface area contributed by atoms with Gasteiger partial charge in [-0.2, -0.15) is 8.42 Å². The number of nitrogens with two attached hydrogens (primary N) is 1. The first-order valence-corrected chi connectivity index (χ1v) is 8.69. The van der Waals surface area contributed by atoms with Crippen molar-refractivity contribution >= 4 is 54.8 Å². The number of sulfonamides is 1. The second-order valence-corrected chi connectivity index (χ2v) is 7.42. The number of rotatable bonds is 4. The van der Waals surface area contributed by atoms with Gasteiger partial charge in [0.2, 0.25) is 0 Å². The van der Waals surface area contributed by atoms with E-state index in [0.717, 1.165) is 5.56 Å². The van der Waals surface area contributed by atoms with Crippen molar-refractivity contribution in [3.8, 4) is 0 Å². The Labute approximate surface area is 140 Å². The van der Waals surface area contributed by atoms with Crippen LogP contribution in [0.2, 0.25) is 10.0 Å². The molecule has 0 aliphatic rings. The summed E-state index contributed by atoms with van der Waals surface area (Å²) in [7, 11) is -3.88. The van der Waals surface area contributed by atoms with Gasteiger partial charge >= 0.3 is 0 Å². The number of aromatic nitrogens is 1. The van der Waals surface area contributed by atoms with E-state index in [4.69, 9.17) is 28.9 Å². The normalized spacial score (nSPS) is 11.4. The van der Waals surface area contributed by atoms with Gasteiger partial charge in [0, 0.05) is 17.2 Å². The summed E-state index contributed by atoms with van der Waals surface area (Å²) >= 11 is 15.2. The van der Waals surface area contributed by atoms with Gasteiger partial charge in [0.25, 0.3) is 10.0 Å². The average molecular weight is 411 g/mol. The number of anilines is 1. The monoisotopic (exact) mass is 409 g/mol. The number of halogens is 3. The predicted octanol–water partition coefficient (Wildman–Crippen LogP) is 3.41. The molecule has 1 heterocycles. The largest absolute Gasteiger partial charge is 0.326 e. The molecule has 0 bridgehead atoms. The second kappa shape index (κ2) is 6.50. The zero-order valence-corrected chi connectivity index (χ0v) is 14.4. The molecule has 0 spiro atoms. The quantitative estimate of drug-likeness (QED) is 0.808. The number of benzene rings is 1. The average Bonchev–Trinajstić information content (AvgIpc) is 2.43.